The van der Waals surface area contributed by atoms with Gasteiger partial charge in [-0.05, 0) is 23.6 Å². The van der Waals surface area contributed by atoms with Gasteiger partial charge in [0.15, 0.2) is 11.5 Å². The molecule has 102 valence electrons. The quantitative estimate of drug-likeness (QED) is 0.487. The first-order chi connectivity index (χ1) is 9.69. The van der Waals surface area contributed by atoms with E-state index in [9.17, 15) is 4.79 Å². The van der Waals surface area contributed by atoms with Crippen LogP contribution >= 0.6 is 0 Å². The number of fused-ring (bicyclic) bond motifs is 1. The number of amides is 1. The molecule has 3 rings (SSSR count). The first-order valence-electron chi connectivity index (χ1n) is 6.36. The summed E-state index contributed by atoms with van der Waals surface area (Å²) < 4.78 is 5.48. The van der Waals surface area contributed by atoms with E-state index in [1.54, 1.807) is 11.8 Å². The molecule has 1 atom stereocenters. The van der Waals surface area contributed by atoms with Crippen LogP contribution in [-0.4, -0.2) is 24.0 Å². The third-order valence-electron chi connectivity index (χ3n) is 3.40. The second-order valence-electron chi connectivity index (χ2n) is 4.84. The van der Waals surface area contributed by atoms with Gasteiger partial charge >= 0.3 is 0 Å². The molecule has 1 unspecified atom stereocenters. The summed E-state index contributed by atoms with van der Waals surface area (Å²) in [5.41, 5.74) is 10.5. The van der Waals surface area contributed by atoms with Crippen LogP contribution in [0.1, 0.15) is 12.3 Å². The summed E-state index contributed by atoms with van der Waals surface area (Å²) in [6, 6.07) is 5.53. The van der Waals surface area contributed by atoms with Gasteiger partial charge < -0.3 is 9.32 Å². The highest BCUT2D eigenvalue weighted by Crippen LogP contribution is 2.31. The number of azide groups is 1. The number of aryl methyl sites for hydroxylation is 1. The minimum atomic E-state index is 0.0243. The summed E-state index contributed by atoms with van der Waals surface area (Å²) in [4.78, 5) is 20.9. The van der Waals surface area contributed by atoms with Crippen LogP contribution in [0.5, 0.6) is 0 Å². The van der Waals surface area contributed by atoms with E-state index in [-0.39, 0.29) is 11.8 Å². The van der Waals surface area contributed by atoms with Crippen LogP contribution in [0.25, 0.3) is 21.5 Å². The fraction of sp³-hybridized carbons (Fsp3) is 0.385. The van der Waals surface area contributed by atoms with Crippen molar-refractivity contribution >= 4 is 22.7 Å². The number of oxazole rings is 1. The van der Waals surface area contributed by atoms with E-state index in [2.05, 4.69) is 15.0 Å². The molecule has 0 N–H and O–H groups in total. The van der Waals surface area contributed by atoms with Crippen LogP contribution in [0.15, 0.2) is 27.7 Å². The largest absolute Gasteiger partial charge is 0.441 e. The molecule has 1 aliphatic heterocycles. The summed E-state index contributed by atoms with van der Waals surface area (Å²) in [5.74, 6) is 0.655. The molecule has 7 heteroatoms. The first-order valence-corrected chi connectivity index (χ1v) is 6.36. The van der Waals surface area contributed by atoms with Gasteiger partial charge in [0.25, 0.3) is 0 Å². The Morgan fingerprint density at radius 2 is 2.45 bits per heavy atom. The number of aromatic nitrogens is 1. The molecule has 1 fully saturated rings. The van der Waals surface area contributed by atoms with Crippen molar-refractivity contribution in [2.75, 3.05) is 18.0 Å². The molecule has 0 radical (unpaired) electrons. The smallest absolute Gasteiger partial charge is 0.227 e. The molecule has 1 saturated heterocycles. The summed E-state index contributed by atoms with van der Waals surface area (Å²) >= 11 is 0. The summed E-state index contributed by atoms with van der Waals surface area (Å²) in [5, 5.41) is 3.55. The molecule has 20 heavy (non-hydrogen) atoms. The molecule has 1 aliphatic rings. The van der Waals surface area contributed by atoms with Crippen molar-refractivity contribution in [2.45, 2.75) is 13.3 Å². The van der Waals surface area contributed by atoms with E-state index in [1.165, 1.54) is 0 Å². The van der Waals surface area contributed by atoms with Crippen LogP contribution < -0.4 is 4.90 Å². The number of rotatable bonds is 3. The first kappa shape index (κ1) is 12.5. The van der Waals surface area contributed by atoms with Crippen LogP contribution in [0, 0.1) is 12.8 Å². The van der Waals surface area contributed by atoms with Crippen molar-refractivity contribution in [1.82, 2.24) is 4.98 Å². The zero-order chi connectivity index (χ0) is 14.1. The normalized spacial score (nSPS) is 18.6. The highest BCUT2D eigenvalue weighted by Gasteiger charge is 2.31. The maximum Gasteiger partial charge on any atom is 0.227 e. The Balaban J connectivity index is 1.95. The van der Waals surface area contributed by atoms with Gasteiger partial charge in [-0.25, -0.2) is 4.98 Å². The van der Waals surface area contributed by atoms with Gasteiger partial charge in [-0.2, -0.15) is 0 Å². The predicted octanol–water partition coefficient (Wildman–Crippen LogP) is 2.80. The van der Waals surface area contributed by atoms with Gasteiger partial charge in [0.1, 0.15) is 5.52 Å². The van der Waals surface area contributed by atoms with Crippen LogP contribution in [0.2, 0.25) is 0 Å². The average Bonchev–Trinajstić information content (AvgIpc) is 2.98. The van der Waals surface area contributed by atoms with E-state index in [1.807, 2.05) is 18.2 Å². The Bertz CT molecular complexity index is 717. The minimum Gasteiger partial charge on any atom is -0.441 e. The topological polar surface area (TPSA) is 95.1 Å². The highest BCUT2D eigenvalue weighted by atomic mass is 16.3. The van der Waals surface area contributed by atoms with E-state index >= 15 is 0 Å². The fourth-order valence-corrected chi connectivity index (χ4v) is 2.55. The molecular weight excluding hydrogens is 258 g/mol. The average molecular weight is 271 g/mol. The van der Waals surface area contributed by atoms with Gasteiger partial charge in [-0.15, -0.1) is 0 Å². The molecule has 1 aromatic heterocycles. The number of nitrogens with zero attached hydrogens (tertiary/aromatic N) is 5. The Hall–Kier alpha value is -2.53. The van der Waals surface area contributed by atoms with Gasteiger partial charge in [0.2, 0.25) is 5.91 Å². The highest BCUT2D eigenvalue weighted by molar-refractivity contribution is 6.02. The van der Waals surface area contributed by atoms with Gasteiger partial charge in [-0.3, -0.25) is 4.79 Å². The summed E-state index contributed by atoms with van der Waals surface area (Å²) in [6.45, 7) is 2.66. The fourth-order valence-electron chi connectivity index (χ4n) is 2.55. The van der Waals surface area contributed by atoms with Crippen LogP contribution in [-0.2, 0) is 4.79 Å². The van der Waals surface area contributed by atoms with Crippen molar-refractivity contribution in [3.05, 3.63) is 34.5 Å². The molecule has 1 aromatic carbocycles. The Kier molecular flexibility index (Phi) is 3.04. The molecule has 2 heterocycles. The predicted molar refractivity (Wildman–Crippen MR) is 73.2 cm³/mol. The SMILES string of the molecule is Cc1nc2c(N3CC(CN=[N+]=[N-])CC3=O)cccc2o1. The third-order valence-corrected chi connectivity index (χ3v) is 3.40. The zero-order valence-corrected chi connectivity index (χ0v) is 11.0. The lowest BCUT2D eigenvalue weighted by molar-refractivity contribution is -0.117. The van der Waals surface area contributed by atoms with Crippen molar-refractivity contribution in [3.8, 4) is 0 Å². The zero-order valence-electron chi connectivity index (χ0n) is 11.0. The molecule has 7 nitrogen and oxygen atoms in total. The van der Waals surface area contributed by atoms with Gasteiger partial charge in [-0.1, -0.05) is 11.2 Å². The van der Waals surface area contributed by atoms with Crippen LogP contribution in [0.4, 0.5) is 5.69 Å². The van der Waals surface area contributed by atoms with Crippen LogP contribution in [0.3, 0.4) is 0 Å². The number of benzene rings is 1. The Morgan fingerprint density at radius 3 is 3.25 bits per heavy atom. The number of hydrogen-bond donors (Lipinski definition) is 0. The number of hydrogen-bond acceptors (Lipinski definition) is 4. The van der Waals surface area contributed by atoms with E-state index in [0.717, 1.165) is 5.69 Å². The van der Waals surface area contributed by atoms with E-state index in [4.69, 9.17) is 9.95 Å². The Morgan fingerprint density at radius 1 is 1.60 bits per heavy atom. The standard InChI is InChI=1S/C13H13N5O2/c1-8-16-13-10(3-2-4-11(13)20-8)18-7-9(5-12(18)19)6-15-17-14/h2-4,9H,5-7H2,1H3. The summed E-state index contributed by atoms with van der Waals surface area (Å²) in [7, 11) is 0. The van der Waals surface area contributed by atoms with Crippen molar-refractivity contribution < 1.29 is 9.21 Å². The number of carbonyl (C=O) groups excluding carboxylic acids is 1. The minimum absolute atomic E-state index is 0.0243. The molecular formula is C13H13N5O2. The second-order valence-corrected chi connectivity index (χ2v) is 4.84. The second kappa shape index (κ2) is 4.86. The molecule has 1 amide bonds. The molecule has 0 aliphatic carbocycles. The molecule has 0 spiro atoms. The molecule has 0 bridgehead atoms. The molecule has 2 aromatic rings. The number of carbonyl (C=O) groups is 1. The maximum absolute atomic E-state index is 12.1. The van der Waals surface area contributed by atoms with E-state index in [0.29, 0.717) is 36.5 Å². The lowest BCUT2D eigenvalue weighted by atomic mass is 10.1. The Labute approximate surface area is 114 Å². The van der Waals surface area contributed by atoms with Gasteiger partial charge in [0.05, 0.1) is 5.69 Å². The van der Waals surface area contributed by atoms with E-state index < -0.39 is 0 Å². The van der Waals surface area contributed by atoms with Crippen molar-refractivity contribution in [2.24, 2.45) is 11.0 Å². The number of anilines is 1. The lowest BCUT2D eigenvalue weighted by Gasteiger charge is -2.16. The monoisotopic (exact) mass is 271 g/mol. The molecule has 0 saturated carbocycles. The van der Waals surface area contributed by atoms with Crippen molar-refractivity contribution in [3.63, 3.8) is 0 Å². The maximum atomic E-state index is 12.1. The summed E-state index contributed by atoms with van der Waals surface area (Å²) in [6.07, 6.45) is 0.395. The number of para-hydroxylation sites is 1. The lowest BCUT2D eigenvalue weighted by Crippen LogP contribution is -2.25. The third kappa shape index (κ3) is 2.08. The van der Waals surface area contributed by atoms with Gasteiger partial charge in [0, 0.05) is 31.3 Å². The van der Waals surface area contributed by atoms with Crippen molar-refractivity contribution in [1.29, 1.82) is 0 Å².